The van der Waals surface area contributed by atoms with E-state index in [1.807, 2.05) is 13.8 Å². The van der Waals surface area contributed by atoms with Gasteiger partial charge in [0.2, 0.25) is 5.91 Å². The predicted molar refractivity (Wildman–Crippen MR) is 84.9 cm³/mol. The molecule has 4 N–H and O–H groups in total. The lowest BCUT2D eigenvalue weighted by atomic mass is 9.94. The Bertz CT molecular complexity index is 319. The number of amides is 1. The van der Waals surface area contributed by atoms with E-state index in [2.05, 4.69) is 19.2 Å². The third kappa shape index (κ3) is 9.45. The Balaban J connectivity index is 4.20. The van der Waals surface area contributed by atoms with Crippen LogP contribution >= 0.6 is 0 Å². The molecule has 5 heteroatoms. The first-order valence-electron chi connectivity index (χ1n) is 8.03. The number of nitrogens with one attached hydrogen (secondary N) is 1. The van der Waals surface area contributed by atoms with Crippen LogP contribution in [0.25, 0.3) is 0 Å². The van der Waals surface area contributed by atoms with Gasteiger partial charge in [-0.15, -0.1) is 0 Å². The molecular weight excluding hydrogens is 268 g/mol. The van der Waals surface area contributed by atoms with Gasteiger partial charge >= 0.3 is 5.97 Å². The van der Waals surface area contributed by atoms with Crippen LogP contribution in [0.15, 0.2) is 0 Å². The van der Waals surface area contributed by atoms with Crippen LogP contribution in [-0.4, -0.2) is 29.6 Å². The fourth-order valence-corrected chi connectivity index (χ4v) is 2.41. The van der Waals surface area contributed by atoms with Gasteiger partial charge in [-0.05, 0) is 31.1 Å². The van der Waals surface area contributed by atoms with E-state index in [4.69, 9.17) is 5.73 Å². The maximum atomic E-state index is 11.8. The lowest BCUT2D eigenvalue weighted by molar-refractivity contribution is -0.142. The zero-order valence-electron chi connectivity index (χ0n) is 13.9. The molecule has 21 heavy (non-hydrogen) atoms. The van der Waals surface area contributed by atoms with Crippen molar-refractivity contribution in [2.24, 2.45) is 23.5 Å². The smallest absolute Gasteiger partial charge is 0.308 e. The van der Waals surface area contributed by atoms with Crippen LogP contribution in [0.4, 0.5) is 0 Å². The summed E-state index contributed by atoms with van der Waals surface area (Å²) >= 11 is 0. The van der Waals surface area contributed by atoms with E-state index >= 15 is 0 Å². The molecule has 0 radical (unpaired) electrons. The van der Waals surface area contributed by atoms with Crippen molar-refractivity contribution in [3.05, 3.63) is 0 Å². The van der Waals surface area contributed by atoms with Crippen molar-refractivity contribution in [2.75, 3.05) is 6.54 Å². The average molecular weight is 300 g/mol. The van der Waals surface area contributed by atoms with Crippen molar-refractivity contribution in [2.45, 2.75) is 65.8 Å². The summed E-state index contributed by atoms with van der Waals surface area (Å²) in [7, 11) is 0. The molecule has 0 saturated heterocycles. The van der Waals surface area contributed by atoms with Gasteiger partial charge in [-0.3, -0.25) is 9.59 Å². The average Bonchev–Trinajstić information content (AvgIpc) is 2.37. The molecular formula is C16H32N2O3. The monoisotopic (exact) mass is 300 g/mol. The van der Waals surface area contributed by atoms with Crippen molar-refractivity contribution < 1.29 is 14.7 Å². The molecule has 0 aromatic heterocycles. The van der Waals surface area contributed by atoms with E-state index in [0.717, 1.165) is 19.3 Å². The zero-order valence-corrected chi connectivity index (χ0v) is 13.9. The maximum absolute atomic E-state index is 11.8. The van der Waals surface area contributed by atoms with Crippen LogP contribution in [0, 0.1) is 17.8 Å². The van der Waals surface area contributed by atoms with Crippen molar-refractivity contribution >= 4 is 11.9 Å². The number of rotatable bonds is 11. The van der Waals surface area contributed by atoms with Gasteiger partial charge < -0.3 is 16.2 Å². The van der Waals surface area contributed by atoms with Crippen molar-refractivity contribution in [1.29, 1.82) is 0 Å². The van der Waals surface area contributed by atoms with Gasteiger partial charge in [0.25, 0.3) is 0 Å². The number of carboxylic acid groups (broad SMARTS) is 1. The van der Waals surface area contributed by atoms with Crippen LogP contribution in [0.5, 0.6) is 0 Å². The highest BCUT2D eigenvalue weighted by molar-refractivity contribution is 5.82. The van der Waals surface area contributed by atoms with Crippen LogP contribution in [0.3, 0.4) is 0 Å². The van der Waals surface area contributed by atoms with Gasteiger partial charge in [0.1, 0.15) is 0 Å². The highest BCUT2D eigenvalue weighted by Gasteiger charge is 2.21. The number of aliphatic carboxylic acids is 1. The summed E-state index contributed by atoms with van der Waals surface area (Å²) in [5.74, 6) is -0.765. The lowest BCUT2D eigenvalue weighted by Gasteiger charge is -2.18. The second kappa shape index (κ2) is 10.6. The highest BCUT2D eigenvalue weighted by Crippen LogP contribution is 2.17. The molecule has 0 heterocycles. The molecule has 0 spiro atoms. The first-order chi connectivity index (χ1) is 9.77. The van der Waals surface area contributed by atoms with Crippen molar-refractivity contribution in [1.82, 2.24) is 5.32 Å². The molecule has 0 aliphatic heterocycles. The molecule has 0 rings (SSSR count). The fraction of sp³-hybridized carbons (Fsp3) is 0.875. The summed E-state index contributed by atoms with van der Waals surface area (Å²) in [5, 5.41) is 11.9. The predicted octanol–water partition coefficient (Wildman–Crippen LogP) is 2.39. The van der Waals surface area contributed by atoms with Crippen molar-refractivity contribution in [3.8, 4) is 0 Å². The number of carboxylic acids is 1. The van der Waals surface area contributed by atoms with Gasteiger partial charge in [0.15, 0.2) is 0 Å². The minimum absolute atomic E-state index is 0.165. The Hall–Kier alpha value is -1.10. The van der Waals surface area contributed by atoms with Crippen LogP contribution < -0.4 is 11.1 Å². The van der Waals surface area contributed by atoms with Gasteiger partial charge in [-0.25, -0.2) is 0 Å². The van der Waals surface area contributed by atoms with Gasteiger partial charge in [-0.1, -0.05) is 40.5 Å². The van der Waals surface area contributed by atoms with Crippen LogP contribution in [-0.2, 0) is 9.59 Å². The maximum Gasteiger partial charge on any atom is 0.308 e. The quantitative estimate of drug-likeness (QED) is 0.546. The summed E-state index contributed by atoms with van der Waals surface area (Å²) in [5.41, 5.74) is 5.78. The standard InChI is InChI=1S/C16H32N2O3/c1-5-6-12(4)7-8-13(16(20)21)10-18-15(19)14(17)9-11(2)3/h11-14H,5-10,17H2,1-4H3,(H,18,19)(H,20,21)/t12-,13?,14+/m1/s1. The summed E-state index contributed by atoms with van der Waals surface area (Å²) in [6.45, 7) is 8.44. The Morgan fingerprint density at radius 3 is 2.24 bits per heavy atom. The second-order valence-electron chi connectivity index (χ2n) is 6.49. The number of nitrogens with two attached hydrogens (primary N) is 1. The molecule has 1 unspecified atom stereocenters. The SMILES string of the molecule is CCC[C@@H](C)CCC(CNC(=O)[C@@H](N)CC(C)C)C(=O)O. The number of hydrogen-bond donors (Lipinski definition) is 3. The first kappa shape index (κ1) is 19.9. The van der Waals surface area contributed by atoms with Gasteiger partial charge in [0.05, 0.1) is 12.0 Å². The van der Waals surface area contributed by atoms with E-state index < -0.39 is 17.9 Å². The Morgan fingerprint density at radius 2 is 1.76 bits per heavy atom. The van der Waals surface area contributed by atoms with Gasteiger partial charge in [-0.2, -0.15) is 0 Å². The first-order valence-corrected chi connectivity index (χ1v) is 8.03. The van der Waals surface area contributed by atoms with E-state index in [9.17, 15) is 14.7 Å². The molecule has 5 nitrogen and oxygen atoms in total. The molecule has 0 aromatic rings. The van der Waals surface area contributed by atoms with E-state index in [1.54, 1.807) is 0 Å². The molecule has 0 saturated carbocycles. The topological polar surface area (TPSA) is 92.4 Å². The van der Waals surface area contributed by atoms with E-state index in [-0.39, 0.29) is 12.5 Å². The molecule has 0 fully saturated rings. The third-order valence-corrected chi connectivity index (χ3v) is 3.72. The molecule has 0 aliphatic carbocycles. The molecule has 1 amide bonds. The second-order valence-corrected chi connectivity index (χ2v) is 6.49. The largest absolute Gasteiger partial charge is 0.481 e. The molecule has 0 aliphatic rings. The fourth-order valence-electron chi connectivity index (χ4n) is 2.41. The van der Waals surface area contributed by atoms with E-state index in [1.165, 1.54) is 0 Å². The summed E-state index contributed by atoms with van der Waals surface area (Å²) in [6, 6.07) is -0.557. The van der Waals surface area contributed by atoms with Crippen LogP contribution in [0.1, 0.15) is 59.8 Å². The number of carbonyl (C=O) groups excluding carboxylic acids is 1. The minimum atomic E-state index is -0.851. The summed E-state index contributed by atoms with van der Waals surface area (Å²) in [4.78, 5) is 23.1. The summed E-state index contributed by atoms with van der Waals surface area (Å²) in [6.07, 6.45) is 4.30. The molecule has 124 valence electrons. The Morgan fingerprint density at radius 1 is 1.14 bits per heavy atom. The number of hydrogen-bond acceptors (Lipinski definition) is 3. The van der Waals surface area contributed by atoms with Crippen LogP contribution in [0.2, 0.25) is 0 Å². The molecule has 0 bridgehead atoms. The Kier molecular flexibility index (Phi) is 10.0. The molecule has 3 atom stereocenters. The molecule has 0 aromatic carbocycles. The summed E-state index contributed by atoms with van der Waals surface area (Å²) < 4.78 is 0. The lowest BCUT2D eigenvalue weighted by Crippen LogP contribution is -2.44. The number of carbonyl (C=O) groups is 2. The van der Waals surface area contributed by atoms with E-state index in [0.29, 0.717) is 24.7 Å². The normalized spacial score (nSPS) is 15.5. The third-order valence-electron chi connectivity index (χ3n) is 3.72. The Labute approximate surface area is 128 Å². The zero-order chi connectivity index (χ0) is 16.4. The minimum Gasteiger partial charge on any atom is -0.481 e. The highest BCUT2D eigenvalue weighted by atomic mass is 16.4. The van der Waals surface area contributed by atoms with Gasteiger partial charge in [0, 0.05) is 6.54 Å². The van der Waals surface area contributed by atoms with Crippen molar-refractivity contribution in [3.63, 3.8) is 0 Å².